The van der Waals surface area contributed by atoms with Gasteiger partial charge in [-0.25, -0.2) is 4.98 Å². The van der Waals surface area contributed by atoms with Crippen molar-refractivity contribution < 1.29 is 0 Å². The molecule has 1 aromatic rings. The molecule has 0 saturated heterocycles. The quantitative estimate of drug-likeness (QED) is 0.727. The van der Waals surface area contributed by atoms with Crippen molar-refractivity contribution >= 4 is 21.7 Å². The van der Waals surface area contributed by atoms with Gasteiger partial charge in [0.25, 0.3) is 0 Å². The molecule has 3 nitrogen and oxygen atoms in total. The molecule has 0 N–H and O–H groups in total. The third-order valence-corrected chi connectivity index (χ3v) is 2.10. The lowest BCUT2D eigenvalue weighted by Crippen LogP contribution is -1.95. The van der Waals surface area contributed by atoms with Crippen molar-refractivity contribution in [2.45, 2.75) is 18.1 Å². The van der Waals surface area contributed by atoms with Gasteiger partial charge in [-0.1, -0.05) is 0 Å². The van der Waals surface area contributed by atoms with E-state index in [9.17, 15) is 0 Å². The van der Waals surface area contributed by atoms with Gasteiger partial charge in [-0.2, -0.15) is 5.26 Å². The monoisotopic (exact) mass is 187 g/mol. The summed E-state index contributed by atoms with van der Waals surface area (Å²) in [7, 11) is 6.57. The van der Waals surface area contributed by atoms with Crippen molar-refractivity contribution in [3.05, 3.63) is 12.4 Å². The molecule has 0 saturated carbocycles. The van der Waals surface area contributed by atoms with Crippen molar-refractivity contribution in [2.75, 3.05) is 0 Å². The van der Waals surface area contributed by atoms with Crippen LogP contribution >= 0.6 is 21.7 Å². The van der Waals surface area contributed by atoms with E-state index in [1.807, 2.05) is 10.8 Å². The van der Waals surface area contributed by atoms with Gasteiger partial charge >= 0.3 is 0 Å². The minimum atomic E-state index is 0.487. The van der Waals surface area contributed by atoms with E-state index < -0.39 is 0 Å². The van der Waals surface area contributed by atoms with Gasteiger partial charge in [-0.3, -0.25) is 0 Å². The highest BCUT2D eigenvalue weighted by molar-refractivity contribution is 8.21. The predicted octanol–water partition coefficient (Wildman–Crippen LogP) is 2.04. The number of aryl methyl sites for hydroxylation is 1. The molecule has 0 amide bonds. The van der Waals surface area contributed by atoms with Gasteiger partial charge in [0.1, 0.15) is 0 Å². The van der Waals surface area contributed by atoms with E-state index in [-0.39, 0.29) is 0 Å². The van der Waals surface area contributed by atoms with Gasteiger partial charge in [-0.15, -0.1) is 0 Å². The van der Waals surface area contributed by atoms with E-state index in [1.165, 1.54) is 0 Å². The molecule has 0 aliphatic rings. The van der Waals surface area contributed by atoms with Crippen LogP contribution in [-0.2, 0) is 6.54 Å². The first-order valence-corrected chi connectivity index (χ1v) is 4.69. The maximum absolute atomic E-state index is 8.31. The molecule has 5 heteroatoms. The number of hydrogen-bond acceptors (Lipinski definition) is 3. The minimum absolute atomic E-state index is 0.487. The normalized spacial score (nSPS) is 9.45. The Balaban J connectivity index is 2.62. The highest BCUT2D eigenvalue weighted by Gasteiger charge is 1.99. The van der Waals surface area contributed by atoms with E-state index >= 15 is 0 Å². The molecular weight excluding hydrogens is 182 g/mol. The Kier molecular flexibility index (Phi) is 3.27. The van der Waals surface area contributed by atoms with Crippen molar-refractivity contribution in [3.63, 3.8) is 0 Å². The van der Waals surface area contributed by atoms with E-state index in [0.717, 1.165) is 16.1 Å². The third kappa shape index (κ3) is 2.14. The van der Waals surface area contributed by atoms with Crippen LogP contribution < -0.4 is 0 Å². The fourth-order valence-electron chi connectivity index (χ4n) is 0.720. The summed E-state index contributed by atoms with van der Waals surface area (Å²) in [4.78, 5) is 3.97. The Labute approximate surface area is 73.5 Å². The van der Waals surface area contributed by atoms with Crippen LogP contribution in [0.3, 0.4) is 0 Å². The second kappa shape index (κ2) is 4.27. The predicted molar refractivity (Wildman–Crippen MR) is 44.2 cm³/mol. The van der Waals surface area contributed by atoms with Gasteiger partial charge in [0.15, 0.2) is 5.16 Å². The number of nitrogens with zero attached hydrogens (tertiary/aromatic N) is 3. The molecule has 1 aromatic heterocycles. The van der Waals surface area contributed by atoms with Crippen LogP contribution in [0.15, 0.2) is 17.6 Å². The van der Waals surface area contributed by atoms with Crippen LogP contribution in [0, 0.1) is 11.3 Å². The largest absolute Gasteiger partial charge is 0.324 e. The first-order chi connectivity index (χ1) is 5.38. The number of hydrogen-bond donors (Lipinski definition) is 0. The molecule has 0 aliphatic heterocycles. The van der Waals surface area contributed by atoms with Crippen LogP contribution in [0.2, 0.25) is 0 Å². The van der Waals surface area contributed by atoms with Gasteiger partial charge < -0.3 is 4.57 Å². The standard InChI is InChI=1S/C6H6ClN3S/c7-11-6-9-3-5-10(6)4-1-2-8/h3,5H,1,4H2. The lowest BCUT2D eigenvalue weighted by atomic mass is 10.5. The maximum Gasteiger partial charge on any atom is 0.183 e. The fraction of sp³-hybridized carbons (Fsp3) is 0.333. The highest BCUT2D eigenvalue weighted by Crippen LogP contribution is 2.19. The summed E-state index contributed by atoms with van der Waals surface area (Å²) in [6.45, 7) is 0.658. The average molecular weight is 188 g/mol. The molecule has 0 aromatic carbocycles. The molecule has 0 spiro atoms. The van der Waals surface area contributed by atoms with Gasteiger partial charge in [0, 0.05) is 29.9 Å². The van der Waals surface area contributed by atoms with Crippen LogP contribution in [-0.4, -0.2) is 9.55 Å². The summed E-state index contributed by atoms with van der Waals surface area (Å²) in [6, 6.07) is 2.06. The van der Waals surface area contributed by atoms with Crippen LogP contribution in [0.4, 0.5) is 0 Å². The number of nitriles is 1. The first kappa shape index (κ1) is 8.44. The highest BCUT2D eigenvalue weighted by atomic mass is 35.7. The second-order valence-corrected chi connectivity index (χ2v) is 2.87. The topological polar surface area (TPSA) is 41.6 Å². The molecule has 1 heterocycles. The van der Waals surface area contributed by atoms with E-state index in [1.54, 1.807) is 6.20 Å². The van der Waals surface area contributed by atoms with Crippen molar-refractivity contribution in [1.82, 2.24) is 9.55 Å². The Morgan fingerprint density at radius 3 is 3.27 bits per heavy atom. The maximum atomic E-state index is 8.31. The Bertz CT molecular complexity index is 265. The zero-order chi connectivity index (χ0) is 8.10. The van der Waals surface area contributed by atoms with Gasteiger partial charge in [-0.05, 0) is 10.7 Å². The fourth-order valence-corrected chi connectivity index (χ4v) is 1.45. The average Bonchev–Trinajstić information content (AvgIpc) is 2.47. The van der Waals surface area contributed by atoms with E-state index in [4.69, 9.17) is 15.9 Å². The Morgan fingerprint density at radius 2 is 2.64 bits per heavy atom. The molecule has 58 valence electrons. The molecule has 0 radical (unpaired) electrons. The zero-order valence-electron chi connectivity index (χ0n) is 5.70. The molecular formula is C6H6ClN3S. The van der Waals surface area contributed by atoms with Crippen molar-refractivity contribution in [1.29, 1.82) is 5.26 Å². The zero-order valence-corrected chi connectivity index (χ0v) is 7.27. The number of rotatable bonds is 3. The van der Waals surface area contributed by atoms with Crippen LogP contribution in [0.25, 0.3) is 0 Å². The summed E-state index contributed by atoms with van der Waals surface area (Å²) >= 11 is 0. The lowest BCUT2D eigenvalue weighted by molar-refractivity contribution is 0.649. The summed E-state index contributed by atoms with van der Waals surface area (Å²) in [5, 5.41) is 9.04. The van der Waals surface area contributed by atoms with Gasteiger partial charge in [0.05, 0.1) is 12.5 Å². The molecule has 0 aliphatic carbocycles. The Morgan fingerprint density at radius 1 is 1.82 bits per heavy atom. The molecule has 0 fully saturated rings. The molecule has 11 heavy (non-hydrogen) atoms. The smallest absolute Gasteiger partial charge is 0.183 e. The van der Waals surface area contributed by atoms with E-state index in [0.29, 0.717) is 13.0 Å². The molecule has 0 bridgehead atoms. The van der Waals surface area contributed by atoms with Crippen LogP contribution in [0.1, 0.15) is 6.42 Å². The lowest BCUT2D eigenvalue weighted by Gasteiger charge is -1.99. The summed E-state index contributed by atoms with van der Waals surface area (Å²) in [5.41, 5.74) is 0. The van der Waals surface area contributed by atoms with Gasteiger partial charge in [0.2, 0.25) is 0 Å². The molecule has 0 atom stereocenters. The number of halogens is 1. The van der Waals surface area contributed by atoms with Crippen molar-refractivity contribution in [2.24, 2.45) is 0 Å². The second-order valence-electron chi connectivity index (χ2n) is 1.89. The van der Waals surface area contributed by atoms with Crippen molar-refractivity contribution in [3.8, 4) is 6.07 Å². The SMILES string of the molecule is N#CCCn1ccnc1SCl. The first-order valence-electron chi connectivity index (χ1n) is 3.05. The molecule has 0 unspecified atom stereocenters. The van der Waals surface area contributed by atoms with E-state index in [2.05, 4.69) is 11.1 Å². The Hall–Kier alpha value is -0.660. The molecule has 1 rings (SSSR count). The third-order valence-electron chi connectivity index (χ3n) is 1.21. The minimum Gasteiger partial charge on any atom is -0.324 e. The summed E-state index contributed by atoms with van der Waals surface area (Å²) < 4.78 is 1.85. The summed E-state index contributed by atoms with van der Waals surface area (Å²) in [6.07, 6.45) is 3.96. The van der Waals surface area contributed by atoms with Crippen LogP contribution in [0.5, 0.6) is 0 Å². The summed E-state index contributed by atoms with van der Waals surface area (Å²) in [5.74, 6) is 0. The number of aromatic nitrogens is 2. The number of imidazole rings is 1.